The second-order valence-electron chi connectivity index (χ2n) is 5.85. The minimum atomic E-state index is -0.627. The van der Waals surface area contributed by atoms with Crippen LogP contribution in [0.3, 0.4) is 0 Å². The van der Waals surface area contributed by atoms with Crippen LogP contribution in [0.1, 0.15) is 16.8 Å². The van der Waals surface area contributed by atoms with Crippen molar-refractivity contribution >= 4 is 38.8 Å². The van der Waals surface area contributed by atoms with E-state index in [-0.39, 0.29) is 17.7 Å². The number of phenols is 1. The van der Waals surface area contributed by atoms with Crippen molar-refractivity contribution in [3.8, 4) is 5.75 Å². The fraction of sp³-hybridized carbons (Fsp3) is 0.111. The van der Waals surface area contributed by atoms with Crippen LogP contribution in [0.4, 0.5) is 0 Å². The van der Waals surface area contributed by atoms with Crippen molar-refractivity contribution in [2.24, 2.45) is 5.10 Å². The number of hydrogen-bond donors (Lipinski definition) is 4. The van der Waals surface area contributed by atoms with Gasteiger partial charge in [0.2, 0.25) is 5.91 Å². The highest BCUT2D eigenvalue weighted by atomic mass is 79.9. The van der Waals surface area contributed by atoms with Gasteiger partial charge in [-0.05, 0) is 35.9 Å². The van der Waals surface area contributed by atoms with E-state index in [9.17, 15) is 19.5 Å². The van der Waals surface area contributed by atoms with Crippen LogP contribution in [0.15, 0.2) is 49.5 Å². The smallest absolute Gasteiger partial charge is 0.325 e. The fourth-order valence-corrected chi connectivity index (χ4v) is 3.04. The summed E-state index contributed by atoms with van der Waals surface area (Å²) in [6.45, 7) is 1.54. The van der Waals surface area contributed by atoms with E-state index in [1.807, 2.05) is 18.2 Å². The zero-order valence-corrected chi connectivity index (χ0v) is 15.8. The Kier molecular flexibility index (Phi) is 5.22. The molecule has 1 amide bonds. The number of benzene rings is 2. The summed E-state index contributed by atoms with van der Waals surface area (Å²) >= 11 is 3.39. The maximum atomic E-state index is 12.0. The lowest BCUT2D eigenvalue weighted by Gasteiger charge is -2.06. The fourth-order valence-electron chi connectivity index (χ4n) is 2.66. The highest BCUT2D eigenvalue weighted by Crippen LogP contribution is 2.27. The SMILES string of the molecule is Cc1[nH]c(=O)[nH]c(=O)c1CC(=O)N/N=C\c1c(O)ccc2cc(Br)ccc12. The molecular formula is C18H15BrN4O4. The molecule has 4 N–H and O–H groups in total. The van der Waals surface area contributed by atoms with Crippen molar-refractivity contribution in [2.75, 3.05) is 0 Å². The predicted molar refractivity (Wildman–Crippen MR) is 105 cm³/mol. The van der Waals surface area contributed by atoms with Gasteiger partial charge in [0.05, 0.1) is 12.6 Å². The summed E-state index contributed by atoms with van der Waals surface area (Å²) in [5, 5.41) is 15.6. The summed E-state index contributed by atoms with van der Waals surface area (Å²) in [4.78, 5) is 39.5. The quantitative estimate of drug-likeness (QED) is 0.370. The lowest BCUT2D eigenvalue weighted by Crippen LogP contribution is -2.30. The molecule has 138 valence electrons. The lowest BCUT2D eigenvalue weighted by molar-refractivity contribution is -0.120. The van der Waals surface area contributed by atoms with E-state index < -0.39 is 17.2 Å². The zero-order valence-electron chi connectivity index (χ0n) is 14.2. The summed E-state index contributed by atoms with van der Waals surface area (Å²) in [7, 11) is 0. The molecule has 3 rings (SSSR count). The second kappa shape index (κ2) is 7.58. The minimum absolute atomic E-state index is 0.0238. The van der Waals surface area contributed by atoms with E-state index in [0.29, 0.717) is 11.3 Å². The number of rotatable bonds is 4. The van der Waals surface area contributed by atoms with E-state index in [2.05, 4.69) is 36.4 Å². The van der Waals surface area contributed by atoms with Crippen molar-refractivity contribution in [3.05, 3.63) is 72.5 Å². The van der Waals surface area contributed by atoms with Crippen molar-refractivity contribution in [1.29, 1.82) is 0 Å². The van der Waals surface area contributed by atoms with Gasteiger partial charge in [0.15, 0.2) is 0 Å². The van der Waals surface area contributed by atoms with Gasteiger partial charge in [0.1, 0.15) is 5.75 Å². The molecular weight excluding hydrogens is 416 g/mol. The van der Waals surface area contributed by atoms with E-state index in [4.69, 9.17) is 0 Å². The molecule has 8 nitrogen and oxygen atoms in total. The number of amides is 1. The molecule has 0 bridgehead atoms. The highest BCUT2D eigenvalue weighted by molar-refractivity contribution is 9.10. The maximum Gasteiger partial charge on any atom is 0.325 e. The summed E-state index contributed by atoms with van der Waals surface area (Å²) in [5.74, 6) is -0.509. The number of nitrogens with one attached hydrogen (secondary N) is 3. The number of hydrazone groups is 1. The van der Waals surface area contributed by atoms with Crippen molar-refractivity contribution in [2.45, 2.75) is 13.3 Å². The summed E-state index contributed by atoms with van der Waals surface area (Å²) in [6, 6.07) is 8.88. The second-order valence-corrected chi connectivity index (χ2v) is 6.76. The largest absolute Gasteiger partial charge is 0.507 e. The number of carbonyl (C=O) groups excluding carboxylic acids is 1. The molecule has 27 heavy (non-hydrogen) atoms. The van der Waals surface area contributed by atoms with Gasteiger partial charge in [0, 0.05) is 21.3 Å². The van der Waals surface area contributed by atoms with Gasteiger partial charge in [0.25, 0.3) is 5.56 Å². The third-order valence-electron chi connectivity index (χ3n) is 3.98. The number of fused-ring (bicyclic) bond motifs is 1. The molecule has 9 heteroatoms. The minimum Gasteiger partial charge on any atom is -0.507 e. The first-order valence-electron chi connectivity index (χ1n) is 7.90. The van der Waals surface area contributed by atoms with Crippen LogP contribution in [0.25, 0.3) is 10.8 Å². The third kappa shape index (κ3) is 4.14. The van der Waals surface area contributed by atoms with Crippen molar-refractivity contribution < 1.29 is 9.90 Å². The van der Waals surface area contributed by atoms with Gasteiger partial charge in [-0.15, -0.1) is 0 Å². The van der Waals surface area contributed by atoms with Gasteiger partial charge in [-0.3, -0.25) is 14.6 Å². The molecule has 0 unspecified atom stereocenters. The summed E-state index contributed by atoms with van der Waals surface area (Å²) in [6.07, 6.45) is 1.09. The Bertz CT molecular complexity index is 1180. The molecule has 0 aliphatic rings. The molecule has 0 fully saturated rings. The van der Waals surface area contributed by atoms with E-state index in [1.165, 1.54) is 13.1 Å². The average molecular weight is 431 g/mol. The number of nitrogens with zero attached hydrogens (tertiary/aromatic N) is 1. The highest BCUT2D eigenvalue weighted by Gasteiger charge is 2.11. The molecule has 0 spiro atoms. The number of aryl methyl sites for hydroxylation is 1. The molecule has 0 aliphatic carbocycles. The van der Waals surface area contributed by atoms with E-state index in [1.54, 1.807) is 12.1 Å². The Morgan fingerprint density at radius 2 is 2.04 bits per heavy atom. The van der Waals surface area contributed by atoms with E-state index in [0.717, 1.165) is 15.2 Å². The molecule has 1 aromatic heterocycles. The number of aromatic nitrogens is 2. The Morgan fingerprint density at radius 3 is 2.78 bits per heavy atom. The van der Waals surface area contributed by atoms with Crippen LogP contribution < -0.4 is 16.7 Å². The number of hydrogen-bond acceptors (Lipinski definition) is 5. The van der Waals surface area contributed by atoms with Crippen LogP contribution >= 0.6 is 15.9 Å². The van der Waals surface area contributed by atoms with Crippen LogP contribution in [-0.2, 0) is 11.2 Å². The first kappa shape index (κ1) is 18.6. The summed E-state index contributed by atoms with van der Waals surface area (Å²) < 4.78 is 0.901. The Balaban J connectivity index is 1.79. The van der Waals surface area contributed by atoms with Crippen LogP contribution in [0.5, 0.6) is 5.75 Å². The topological polar surface area (TPSA) is 127 Å². The molecule has 0 saturated heterocycles. The Labute approximate surface area is 161 Å². The molecule has 0 atom stereocenters. The first-order chi connectivity index (χ1) is 12.8. The molecule has 0 saturated carbocycles. The van der Waals surface area contributed by atoms with Crippen molar-refractivity contribution in [1.82, 2.24) is 15.4 Å². The van der Waals surface area contributed by atoms with Gasteiger partial charge < -0.3 is 10.1 Å². The molecule has 1 heterocycles. The number of halogens is 1. The number of carbonyl (C=O) groups is 1. The molecule has 0 radical (unpaired) electrons. The Hall–Kier alpha value is -3.20. The van der Waals surface area contributed by atoms with Crippen LogP contribution in [0.2, 0.25) is 0 Å². The zero-order chi connectivity index (χ0) is 19.6. The van der Waals surface area contributed by atoms with E-state index >= 15 is 0 Å². The summed E-state index contributed by atoms with van der Waals surface area (Å²) in [5.41, 5.74) is 2.00. The number of H-pyrrole nitrogens is 2. The van der Waals surface area contributed by atoms with Gasteiger partial charge in [-0.2, -0.15) is 5.10 Å². The first-order valence-corrected chi connectivity index (χ1v) is 8.69. The van der Waals surface area contributed by atoms with Crippen molar-refractivity contribution in [3.63, 3.8) is 0 Å². The van der Waals surface area contributed by atoms with Crippen LogP contribution in [-0.4, -0.2) is 27.2 Å². The lowest BCUT2D eigenvalue weighted by atomic mass is 10.0. The van der Waals surface area contributed by atoms with Gasteiger partial charge in [-0.25, -0.2) is 10.2 Å². The maximum absolute atomic E-state index is 12.0. The normalized spacial score (nSPS) is 11.2. The number of aromatic amines is 2. The standard InChI is InChI=1S/C18H15BrN4O4/c1-9-13(17(26)22-18(27)21-9)7-16(25)23-20-8-14-12-4-3-11(19)6-10(12)2-5-15(14)24/h2-6,8,24H,7H2,1H3,(H,23,25)(H2,21,22,26,27)/b20-8-. The number of aromatic hydroxyl groups is 1. The monoisotopic (exact) mass is 430 g/mol. The third-order valence-corrected chi connectivity index (χ3v) is 4.47. The van der Waals surface area contributed by atoms with Gasteiger partial charge in [-0.1, -0.05) is 28.1 Å². The average Bonchev–Trinajstić information content (AvgIpc) is 2.60. The van der Waals surface area contributed by atoms with Gasteiger partial charge >= 0.3 is 5.69 Å². The number of phenolic OH excluding ortho intramolecular Hbond substituents is 1. The van der Waals surface area contributed by atoms with Crippen LogP contribution in [0, 0.1) is 6.92 Å². The molecule has 2 aromatic carbocycles. The predicted octanol–water partition coefficient (Wildman–Crippen LogP) is 1.69. The molecule has 3 aromatic rings. The Morgan fingerprint density at radius 1 is 1.26 bits per heavy atom. The molecule has 0 aliphatic heterocycles.